The first-order valence-electron chi connectivity index (χ1n) is 7.48. The lowest BCUT2D eigenvalue weighted by molar-refractivity contribution is 0.332. The van der Waals surface area contributed by atoms with Crippen LogP contribution in [0.4, 0.5) is 5.82 Å². The van der Waals surface area contributed by atoms with Crippen LogP contribution in [-0.4, -0.2) is 22.6 Å². The molecule has 1 aromatic carbocycles. The maximum absolute atomic E-state index is 5.90. The quantitative estimate of drug-likeness (QED) is 0.900. The van der Waals surface area contributed by atoms with E-state index in [2.05, 4.69) is 10.3 Å². The number of aromatic nitrogens is 2. The molecule has 2 aromatic rings. The van der Waals surface area contributed by atoms with Crippen molar-refractivity contribution in [2.45, 2.75) is 38.6 Å². The van der Waals surface area contributed by atoms with E-state index in [0.717, 1.165) is 29.1 Å². The zero-order valence-electron chi connectivity index (χ0n) is 12.0. The second-order valence-corrected chi connectivity index (χ2v) is 5.68. The minimum Gasteiger partial charge on any atom is -0.365 e. The van der Waals surface area contributed by atoms with Crippen molar-refractivity contribution in [3.05, 3.63) is 30.0 Å². The summed E-state index contributed by atoms with van der Waals surface area (Å²) in [6, 6.07) is 8.44. The fourth-order valence-electron chi connectivity index (χ4n) is 3.08. The van der Waals surface area contributed by atoms with Crippen LogP contribution in [0.15, 0.2) is 24.3 Å². The summed E-state index contributed by atoms with van der Waals surface area (Å²) in [5.74, 6) is 1.46. The molecule has 1 saturated carbocycles. The SMILES string of the molecule is Cc1nc2ccccc2nc1NC1CCCCC1CN. The van der Waals surface area contributed by atoms with Crippen LogP contribution in [0.2, 0.25) is 0 Å². The first-order valence-corrected chi connectivity index (χ1v) is 7.48. The van der Waals surface area contributed by atoms with E-state index in [9.17, 15) is 0 Å². The van der Waals surface area contributed by atoms with Crippen LogP contribution in [-0.2, 0) is 0 Å². The number of aryl methyl sites for hydroxylation is 1. The Balaban J connectivity index is 1.87. The molecule has 0 aliphatic heterocycles. The summed E-state index contributed by atoms with van der Waals surface area (Å²) in [4.78, 5) is 9.36. The minimum atomic E-state index is 0.433. The first kappa shape index (κ1) is 13.3. The van der Waals surface area contributed by atoms with E-state index < -0.39 is 0 Å². The van der Waals surface area contributed by atoms with Gasteiger partial charge in [-0.3, -0.25) is 0 Å². The molecule has 4 heteroatoms. The Morgan fingerprint density at radius 2 is 1.85 bits per heavy atom. The van der Waals surface area contributed by atoms with E-state index in [-0.39, 0.29) is 0 Å². The summed E-state index contributed by atoms with van der Waals surface area (Å²) in [5.41, 5.74) is 8.76. The third-order valence-electron chi connectivity index (χ3n) is 4.28. The molecule has 3 N–H and O–H groups in total. The average Bonchev–Trinajstić information content (AvgIpc) is 2.48. The maximum Gasteiger partial charge on any atom is 0.148 e. The summed E-state index contributed by atoms with van der Waals surface area (Å²) in [7, 11) is 0. The Morgan fingerprint density at radius 3 is 2.60 bits per heavy atom. The van der Waals surface area contributed by atoms with Crippen molar-refractivity contribution in [3.63, 3.8) is 0 Å². The smallest absolute Gasteiger partial charge is 0.148 e. The lowest BCUT2D eigenvalue weighted by Crippen LogP contribution is -2.37. The molecule has 2 atom stereocenters. The summed E-state index contributed by atoms with van der Waals surface area (Å²) in [5, 5.41) is 3.59. The largest absolute Gasteiger partial charge is 0.365 e. The molecule has 4 nitrogen and oxygen atoms in total. The second-order valence-electron chi connectivity index (χ2n) is 5.68. The number of anilines is 1. The molecule has 1 heterocycles. The number of rotatable bonds is 3. The van der Waals surface area contributed by atoms with Gasteiger partial charge in [-0.1, -0.05) is 25.0 Å². The predicted octanol–water partition coefficient (Wildman–Crippen LogP) is 2.87. The highest BCUT2D eigenvalue weighted by atomic mass is 15.1. The van der Waals surface area contributed by atoms with Crippen LogP contribution in [0.1, 0.15) is 31.4 Å². The molecule has 106 valence electrons. The minimum absolute atomic E-state index is 0.433. The van der Waals surface area contributed by atoms with Crippen LogP contribution < -0.4 is 11.1 Å². The lowest BCUT2D eigenvalue weighted by Gasteiger charge is -2.32. The highest BCUT2D eigenvalue weighted by molar-refractivity contribution is 5.76. The number of benzene rings is 1. The average molecular weight is 270 g/mol. The second kappa shape index (κ2) is 5.75. The van der Waals surface area contributed by atoms with Crippen LogP contribution in [0.3, 0.4) is 0 Å². The molecule has 0 radical (unpaired) electrons. The maximum atomic E-state index is 5.90. The molecule has 0 bridgehead atoms. The van der Waals surface area contributed by atoms with Crippen molar-refractivity contribution in [1.82, 2.24) is 9.97 Å². The van der Waals surface area contributed by atoms with Gasteiger partial charge in [0.15, 0.2) is 0 Å². The topological polar surface area (TPSA) is 63.8 Å². The van der Waals surface area contributed by atoms with Crippen molar-refractivity contribution in [2.24, 2.45) is 11.7 Å². The van der Waals surface area contributed by atoms with Crippen molar-refractivity contribution in [3.8, 4) is 0 Å². The highest BCUT2D eigenvalue weighted by Gasteiger charge is 2.24. The van der Waals surface area contributed by atoms with Gasteiger partial charge in [0.2, 0.25) is 0 Å². The van der Waals surface area contributed by atoms with Gasteiger partial charge in [-0.2, -0.15) is 0 Å². The zero-order valence-corrected chi connectivity index (χ0v) is 12.0. The third-order valence-corrected chi connectivity index (χ3v) is 4.28. The standard InChI is InChI=1S/C16H22N4/c1-11-16(19-13-7-3-2-6-12(13)10-17)20-15-9-5-4-8-14(15)18-11/h4-5,8-9,12-13H,2-3,6-7,10,17H2,1H3,(H,19,20). The van der Waals surface area contributed by atoms with Gasteiger partial charge in [-0.25, -0.2) is 9.97 Å². The van der Waals surface area contributed by atoms with E-state index in [1.54, 1.807) is 0 Å². The molecule has 3 rings (SSSR count). The van der Waals surface area contributed by atoms with Crippen molar-refractivity contribution in [1.29, 1.82) is 0 Å². The molecule has 1 fully saturated rings. The Bertz CT molecular complexity index is 596. The van der Waals surface area contributed by atoms with E-state index in [1.165, 1.54) is 25.7 Å². The predicted molar refractivity (Wildman–Crippen MR) is 82.7 cm³/mol. The Kier molecular flexibility index (Phi) is 3.83. The normalized spacial score (nSPS) is 22.9. The molecule has 0 amide bonds. The number of nitrogens with one attached hydrogen (secondary N) is 1. The molecule has 1 aliphatic carbocycles. The molecule has 2 unspecified atom stereocenters. The van der Waals surface area contributed by atoms with E-state index in [0.29, 0.717) is 12.0 Å². The van der Waals surface area contributed by atoms with Gasteiger partial charge in [-0.05, 0) is 44.4 Å². The molecule has 1 aliphatic rings. The molecule has 0 spiro atoms. The number of hydrogen-bond donors (Lipinski definition) is 2. The number of nitrogens with two attached hydrogens (primary N) is 1. The third kappa shape index (κ3) is 2.61. The van der Waals surface area contributed by atoms with Gasteiger partial charge in [0.05, 0.1) is 16.7 Å². The molecular formula is C16H22N4. The van der Waals surface area contributed by atoms with Gasteiger partial charge >= 0.3 is 0 Å². The zero-order chi connectivity index (χ0) is 13.9. The van der Waals surface area contributed by atoms with Crippen molar-refractivity contribution < 1.29 is 0 Å². The van der Waals surface area contributed by atoms with E-state index in [4.69, 9.17) is 10.7 Å². The summed E-state index contributed by atoms with van der Waals surface area (Å²) < 4.78 is 0. The Hall–Kier alpha value is -1.68. The van der Waals surface area contributed by atoms with E-state index >= 15 is 0 Å². The fourth-order valence-corrected chi connectivity index (χ4v) is 3.08. The molecular weight excluding hydrogens is 248 g/mol. The highest BCUT2D eigenvalue weighted by Crippen LogP contribution is 2.27. The summed E-state index contributed by atoms with van der Waals surface area (Å²) in [6.07, 6.45) is 4.96. The Morgan fingerprint density at radius 1 is 1.15 bits per heavy atom. The number of hydrogen-bond acceptors (Lipinski definition) is 4. The first-order chi connectivity index (χ1) is 9.78. The van der Waals surface area contributed by atoms with Crippen LogP contribution in [0.5, 0.6) is 0 Å². The van der Waals surface area contributed by atoms with Crippen molar-refractivity contribution >= 4 is 16.9 Å². The van der Waals surface area contributed by atoms with Gasteiger partial charge in [0.1, 0.15) is 5.82 Å². The summed E-state index contributed by atoms with van der Waals surface area (Å²) in [6.45, 7) is 2.76. The van der Waals surface area contributed by atoms with Crippen LogP contribution in [0, 0.1) is 12.8 Å². The number of fused-ring (bicyclic) bond motifs is 1. The van der Waals surface area contributed by atoms with Crippen LogP contribution >= 0.6 is 0 Å². The lowest BCUT2D eigenvalue weighted by atomic mass is 9.84. The van der Waals surface area contributed by atoms with Crippen molar-refractivity contribution in [2.75, 3.05) is 11.9 Å². The van der Waals surface area contributed by atoms with Gasteiger partial charge in [-0.15, -0.1) is 0 Å². The number of para-hydroxylation sites is 2. The van der Waals surface area contributed by atoms with Gasteiger partial charge in [0, 0.05) is 6.04 Å². The molecule has 1 aromatic heterocycles. The number of nitrogens with zero attached hydrogens (tertiary/aromatic N) is 2. The molecule has 20 heavy (non-hydrogen) atoms. The van der Waals surface area contributed by atoms with Gasteiger partial charge < -0.3 is 11.1 Å². The summed E-state index contributed by atoms with van der Waals surface area (Å²) >= 11 is 0. The van der Waals surface area contributed by atoms with Crippen LogP contribution in [0.25, 0.3) is 11.0 Å². The monoisotopic (exact) mass is 270 g/mol. The Labute approximate surface area is 119 Å². The fraction of sp³-hybridized carbons (Fsp3) is 0.500. The van der Waals surface area contributed by atoms with E-state index in [1.807, 2.05) is 31.2 Å². The molecule has 0 saturated heterocycles. The van der Waals surface area contributed by atoms with Gasteiger partial charge in [0.25, 0.3) is 0 Å².